The van der Waals surface area contributed by atoms with Gasteiger partial charge in [-0.15, -0.1) is 10.2 Å². The van der Waals surface area contributed by atoms with Crippen LogP contribution in [0.4, 0.5) is 0 Å². The van der Waals surface area contributed by atoms with Crippen molar-refractivity contribution in [3.8, 4) is 5.69 Å². The van der Waals surface area contributed by atoms with Crippen LogP contribution in [0.2, 0.25) is 10.0 Å². The number of halogens is 2. The van der Waals surface area contributed by atoms with E-state index in [0.717, 1.165) is 5.75 Å². The predicted octanol–water partition coefficient (Wildman–Crippen LogP) is 7.40. The second-order valence-corrected chi connectivity index (χ2v) is 11.4. The summed E-state index contributed by atoms with van der Waals surface area (Å²) in [6.45, 7) is 8.69. The number of aryl methyl sites for hydroxylation is 1. The molecular formula is C28H28Cl2N4OS. The topological polar surface area (TPSA) is 59.8 Å². The summed E-state index contributed by atoms with van der Waals surface area (Å²) < 4.78 is 1.88. The molecule has 1 heterocycles. The molecular weight excluding hydrogens is 511 g/mol. The van der Waals surface area contributed by atoms with E-state index in [9.17, 15) is 4.79 Å². The number of aromatic nitrogens is 3. The van der Waals surface area contributed by atoms with Gasteiger partial charge in [0.2, 0.25) is 0 Å². The number of hydrogen-bond donors (Lipinski definition) is 1. The van der Waals surface area contributed by atoms with E-state index in [1.165, 1.54) is 16.7 Å². The van der Waals surface area contributed by atoms with Crippen LogP contribution in [-0.2, 0) is 17.7 Å². The number of hydrogen-bond acceptors (Lipinski definition) is 4. The third-order valence-electron chi connectivity index (χ3n) is 5.72. The van der Waals surface area contributed by atoms with Gasteiger partial charge >= 0.3 is 0 Å². The molecule has 8 heteroatoms. The van der Waals surface area contributed by atoms with Crippen LogP contribution in [0.1, 0.15) is 53.6 Å². The minimum Gasteiger partial charge on any atom is -0.345 e. The number of thioether (sulfide) groups is 1. The average Bonchev–Trinajstić information content (AvgIpc) is 3.23. The van der Waals surface area contributed by atoms with Crippen molar-refractivity contribution in [2.45, 2.75) is 50.6 Å². The molecule has 0 saturated heterocycles. The Morgan fingerprint density at radius 3 is 2.42 bits per heavy atom. The third-order valence-corrected chi connectivity index (χ3v) is 7.26. The zero-order valence-corrected chi connectivity index (χ0v) is 23.0. The zero-order chi connectivity index (χ0) is 25.9. The van der Waals surface area contributed by atoms with Gasteiger partial charge in [-0.1, -0.05) is 97.7 Å². The van der Waals surface area contributed by atoms with Crippen LogP contribution in [0, 0.1) is 6.92 Å². The van der Waals surface area contributed by atoms with E-state index >= 15 is 0 Å². The van der Waals surface area contributed by atoms with Crippen molar-refractivity contribution >= 4 is 40.9 Å². The van der Waals surface area contributed by atoms with Crippen LogP contribution in [0.25, 0.3) is 5.69 Å². The quantitative estimate of drug-likeness (QED) is 0.249. The van der Waals surface area contributed by atoms with Gasteiger partial charge in [0.1, 0.15) is 0 Å². The second-order valence-electron chi connectivity index (χ2n) is 9.62. The lowest BCUT2D eigenvalue weighted by molar-refractivity contribution is 0.0949. The Hall–Kier alpha value is -2.80. The number of carbonyl (C=O) groups excluding carboxylic acids is 1. The van der Waals surface area contributed by atoms with Gasteiger partial charge in [0.05, 0.1) is 17.3 Å². The molecule has 36 heavy (non-hydrogen) atoms. The Bertz CT molecular complexity index is 1380. The SMILES string of the molecule is Cc1cccc(CSc2nnc(CNC(=O)c3ccc(C(C)(C)C)cc3)n2-c2ccc(Cl)cc2Cl)c1. The standard InChI is InChI=1S/C28H28Cl2N4OS/c1-18-6-5-7-19(14-18)17-36-27-33-32-25(34(27)24-13-12-22(29)15-23(24)30)16-31-26(35)20-8-10-21(11-9-20)28(2,3)4/h5-15H,16-17H2,1-4H3,(H,31,35). The molecule has 0 aliphatic carbocycles. The molecule has 0 atom stereocenters. The molecule has 0 aliphatic rings. The number of amides is 1. The van der Waals surface area contributed by atoms with E-state index < -0.39 is 0 Å². The fraction of sp³-hybridized carbons (Fsp3) is 0.250. The normalized spacial score (nSPS) is 11.5. The van der Waals surface area contributed by atoms with E-state index in [0.29, 0.717) is 32.3 Å². The summed E-state index contributed by atoms with van der Waals surface area (Å²) in [6, 6.07) is 21.3. The lowest BCUT2D eigenvalue weighted by Crippen LogP contribution is -2.25. The number of nitrogens with zero attached hydrogens (tertiary/aromatic N) is 3. The zero-order valence-electron chi connectivity index (χ0n) is 20.7. The van der Waals surface area contributed by atoms with Gasteiger partial charge in [-0.2, -0.15) is 0 Å². The van der Waals surface area contributed by atoms with Crippen LogP contribution in [-0.4, -0.2) is 20.7 Å². The molecule has 4 aromatic rings. The van der Waals surface area contributed by atoms with Crippen molar-refractivity contribution in [1.82, 2.24) is 20.1 Å². The molecule has 5 nitrogen and oxygen atoms in total. The van der Waals surface area contributed by atoms with Gasteiger partial charge in [-0.05, 0) is 53.8 Å². The Morgan fingerprint density at radius 2 is 1.75 bits per heavy atom. The number of carbonyl (C=O) groups is 1. The van der Waals surface area contributed by atoms with Crippen LogP contribution < -0.4 is 5.32 Å². The van der Waals surface area contributed by atoms with E-state index in [2.05, 4.69) is 61.4 Å². The number of rotatable bonds is 7. The van der Waals surface area contributed by atoms with Crippen LogP contribution >= 0.6 is 35.0 Å². The largest absolute Gasteiger partial charge is 0.345 e. The van der Waals surface area contributed by atoms with Crippen LogP contribution in [0.3, 0.4) is 0 Å². The monoisotopic (exact) mass is 538 g/mol. The Labute approximate surface area is 226 Å². The molecule has 4 rings (SSSR count). The molecule has 0 fully saturated rings. The highest BCUT2D eigenvalue weighted by Crippen LogP contribution is 2.31. The van der Waals surface area contributed by atoms with Crippen molar-refractivity contribution in [3.05, 3.63) is 105 Å². The first-order chi connectivity index (χ1) is 17.1. The molecule has 0 spiro atoms. The Morgan fingerprint density at radius 1 is 1.00 bits per heavy atom. The van der Waals surface area contributed by atoms with Gasteiger partial charge in [-0.25, -0.2) is 0 Å². The smallest absolute Gasteiger partial charge is 0.251 e. The van der Waals surface area contributed by atoms with Gasteiger partial charge in [0.15, 0.2) is 11.0 Å². The number of benzene rings is 3. The maximum Gasteiger partial charge on any atom is 0.251 e. The molecule has 1 aromatic heterocycles. The predicted molar refractivity (Wildman–Crippen MR) is 148 cm³/mol. The van der Waals surface area contributed by atoms with Crippen molar-refractivity contribution in [2.75, 3.05) is 0 Å². The Kier molecular flexibility index (Phi) is 8.08. The second kappa shape index (κ2) is 11.1. The van der Waals surface area contributed by atoms with E-state index in [1.807, 2.05) is 41.0 Å². The maximum absolute atomic E-state index is 12.9. The molecule has 186 valence electrons. The first kappa shape index (κ1) is 26.3. The summed E-state index contributed by atoms with van der Waals surface area (Å²) in [5, 5.41) is 13.5. The van der Waals surface area contributed by atoms with E-state index in [4.69, 9.17) is 23.2 Å². The fourth-order valence-electron chi connectivity index (χ4n) is 3.75. The molecule has 3 aromatic carbocycles. The minimum absolute atomic E-state index is 0.0236. The molecule has 0 bridgehead atoms. The summed E-state index contributed by atoms with van der Waals surface area (Å²) in [4.78, 5) is 12.9. The van der Waals surface area contributed by atoms with Gasteiger partial charge in [0, 0.05) is 16.3 Å². The van der Waals surface area contributed by atoms with Crippen molar-refractivity contribution in [3.63, 3.8) is 0 Å². The summed E-state index contributed by atoms with van der Waals surface area (Å²) in [5.41, 5.74) is 4.88. The lowest BCUT2D eigenvalue weighted by Gasteiger charge is -2.19. The molecule has 0 aliphatic heterocycles. The fourth-order valence-corrected chi connectivity index (χ4v) is 5.15. The van der Waals surface area contributed by atoms with Crippen molar-refractivity contribution < 1.29 is 4.79 Å². The first-order valence-corrected chi connectivity index (χ1v) is 13.3. The Balaban J connectivity index is 1.57. The van der Waals surface area contributed by atoms with Crippen LogP contribution in [0.5, 0.6) is 0 Å². The lowest BCUT2D eigenvalue weighted by atomic mass is 9.87. The van der Waals surface area contributed by atoms with E-state index in [-0.39, 0.29) is 17.9 Å². The summed E-state index contributed by atoms with van der Waals surface area (Å²) in [6.07, 6.45) is 0. The van der Waals surface area contributed by atoms with E-state index in [1.54, 1.807) is 23.9 Å². The highest BCUT2D eigenvalue weighted by molar-refractivity contribution is 7.98. The van der Waals surface area contributed by atoms with Crippen molar-refractivity contribution in [2.24, 2.45) is 0 Å². The average molecular weight is 540 g/mol. The molecule has 0 radical (unpaired) electrons. The van der Waals surface area contributed by atoms with Gasteiger partial charge < -0.3 is 5.32 Å². The first-order valence-electron chi connectivity index (χ1n) is 11.6. The van der Waals surface area contributed by atoms with Gasteiger partial charge in [0.25, 0.3) is 5.91 Å². The summed E-state index contributed by atoms with van der Waals surface area (Å²) in [7, 11) is 0. The highest BCUT2D eigenvalue weighted by Gasteiger charge is 2.19. The molecule has 1 amide bonds. The van der Waals surface area contributed by atoms with Crippen molar-refractivity contribution in [1.29, 1.82) is 0 Å². The minimum atomic E-state index is -0.179. The summed E-state index contributed by atoms with van der Waals surface area (Å²) >= 11 is 14.2. The summed E-state index contributed by atoms with van der Waals surface area (Å²) in [5.74, 6) is 1.11. The van der Waals surface area contributed by atoms with Crippen LogP contribution in [0.15, 0.2) is 71.9 Å². The molecule has 0 unspecified atom stereocenters. The number of nitrogens with one attached hydrogen (secondary N) is 1. The van der Waals surface area contributed by atoms with Gasteiger partial charge in [-0.3, -0.25) is 9.36 Å². The highest BCUT2D eigenvalue weighted by atomic mass is 35.5. The molecule has 1 N–H and O–H groups in total. The maximum atomic E-state index is 12.9. The molecule has 0 saturated carbocycles. The third kappa shape index (κ3) is 6.30.